The smallest absolute Gasteiger partial charge is 0.259 e. The van der Waals surface area contributed by atoms with Crippen molar-refractivity contribution in [1.82, 2.24) is 24.1 Å². The van der Waals surface area contributed by atoms with Crippen molar-refractivity contribution in [2.45, 2.75) is 6.92 Å². The molecule has 0 fully saturated rings. The molecule has 3 heterocycles. The van der Waals surface area contributed by atoms with Crippen LogP contribution in [0.1, 0.15) is 16.1 Å². The van der Waals surface area contributed by atoms with Gasteiger partial charge >= 0.3 is 0 Å². The second-order valence-corrected chi connectivity index (χ2v) is 5.75. The zero-order chi connectivity index (χ0) is 17.4. The van der Waals surface area contributed by atoms with E-state index in [1.54, 1.807) is 17.1 Å². The maximum atomic E-state index is 12.3. The largest absolute Gasteiger partial charge is 0.322 e. The average Bonchev–Trinajstić information content (AvgIpc) is 3.19. The van der Waals surface area contributed by atoms with E-state index in [4.69, 9.17) is 0 Å². The molecule has 1 aromatic carbocycles. The van der Waals surface area contributed by atoms with Crippen molar-refractivity contribution in [3.63, 3.8) is 0 Å². The summed E-state index contributed by atoms with van der Waals surface area (Å²) in [6.07, 6.45) is 7.12. The molecule has 0 aliphatic heterocycles. The number of hydrogen-bond acceptors (Lipinski definition) is 4. The van der Waals surface area contributed by atoms with Gasteiger partial charge in [-0.15, -0.1) is 0 Å². The Morgan fingerprint density at radius 1 is 1.20 bits per heavy atom. The van der Waals surface area contributed by atoms with Gasteiger partial charge in [0.2, 0.25) is 5.78 Å². The number of amides is 1. The molecule has 4 rings (SSSR count). The van der Waals surface area contributed by atoms with Crippen LogP contribution in [0.3, 0.4) is 0 Å². The molecule has 0 saturated carbocycles. The summed E-state index contributed by atoms with van der Waals surface area (Å²) in [6.45, 7) is 1.86. The van der Waals surface area contributed by atoms with Gasteiger partial charge in [0.1, 0.15) is 0 Å². The zero-order valence-electron chi connectivity index (χ0n) is 13.8. The Labute approximate surface area is 144 Å². The van der Waals surface area contributed by atoms with E-state index < -0.39 is 0 Å². The second kappa shape index (κ2) is 5.86. The number of rotatable bonds is 3. The molecule has 25 heavy (non-hydrogen) atoms. The van der Waals surface area contributed by atoms with Gasteiger partial charge in [-0.3, -0.25) is 13.9 Å². The maximum Gasteiger partial charge on any atom is 0.259 e. The molecule has 1 amide bonds. The van der Waals surface area contributed by atoms with E-state index in [-0.39, 0.29) is 5.91 Å². The highest BCUT2D eigenvalue weighted by molar-refractivity contribution is 6.04. The van der Waals surface area contributed by atoms with Crippen molar-refractivity contribution in [1.29, 1.82) is 0 Å². The van der Waals surface area contributed by atoms with Gasteiger partial charge in [-0.25, -0.2) is 9.97 Å². The molecule has 0 bridgehead atoms. The molecule has 0 radical (unpaired) electrons. The molecule has 124 valence electrons. The number of nitrogens with zero attached hydrogens (tertiary/aromatic N) is 5. The van der Waals surface area contributed by atoms with Crippen molar-refractivity contribution >= 4 is 17.4 Å². The molecule has 7 heteroatoms. The first-order valence-electron chi connectivity index (χ1n) is 7.82. The van der Waals surface area contributed by atoms with Gasteiger partial charge in [-0.1, -0.05) is 12.1 Å². The molecule has 0 unspecified atom stereocenters. The van der Waals surface area contributed by atoms with E-state index in [1.807, 2.05) is 61.1 Å². The van der Waals surface area contributed by atoms with Crippen LogP contribution in [0.5, 0.6) is 0 Å². The van der Waals surface area contributed by atoms with E-state index in [9.17, 15) is 4.79 Å². The molecule has 7 nitrogen and oxygen atoms in total. The normalized spacial score (nSPS) is 11.0. The van der Waals surface area contributed by atoms with Crippen molar-refractivity contribution in [2.75, 3.05) is 5.32 Å². The van der Waals surface area contributed by atoms with E-state index >= 15 is 0 Å². The summed E-state index contributed by atoms with van der Waals surface area (Å²) in [5.74, 6) is 0.484. The number of imidazole rings is 1. The van der Waals surface area contributed by atoms with Gasteiger partial charge in [-0.2, -0.15) is 5.10 Å². The molecule has 0 saturated heterocycles. The molecule has 3 aromatic heterocycles. The average molecular weight is 332 g/mol. The van der Waals surface area contributed by atoms with Crippen LogP contribution in [0.25, 0.3) is 17.0 Å². The van der Waals surface area contributed by atoms with Crippen LogP contribution >= 0.6 is 0 Å². The van der Waals surface area contributed by atoms with E-state index in [0.717, 1.165) is 22.6 Å². The molecule has 0 spiro atoms. The quantitative estimate of drug-likeness (QED) is 0.626. The van der Waals surface area contributed by atoms with Crippen LogP contribution in [0.2, 0.25) is 0 Å². The molecular weight excluding hydrogens is 316 g/mol. The first kappa shape index (κ1) is 15.1. The number of hydrogen-bond donors (Lipinski definition) is 1. The van der Waals surface area contributed by atoms with Crippen LogP contribution in [0.4, 0.5) is 5.69 Å². The second-order valence-electron chi connectivity index (χ2n) is 5.75. The summed E-state index contributed by atoms with van der Waals surface area (Å²) < 4.78 is 3.55. The van der Waals surface area contributed by atoms with Crippen LogP contribution in [0, 0.1) is 6.92 Å². The number of anilines is 1. The monoisotopic (exact) mass is 332 g/mol. The van der Waals surface area contributed by atoms with Gasteiger partial charge in [0.05, 0.1) is 17.5 Å². The topological polar surface area (TPSA) is 77.1 Å². The highest BCUT2D eigenvalue weighted by atomic mass is 16.1. The minimum Gasteiger partial charge on any atom is -0.322 e. The first-order valence-corrected chi connectivity index (χ1v) is 7.82. The van der Waals surface area contributed by atoms with E-state index in [0.29, 0.717) is 11.3 Å². The summed E-state index contributed by atoms with van der Waals surface area (Å²) in [5.41, 5.74) is 3.91. The SMILES string of the molecule is Cc1c(C(=O)Nc2ccc(-c3cn4cccnc4n3)cc2)cnn1C. The number of aryl methyl sites for hydroxylation is 1. The maximum absolute atomic E-state index is 12.3. The summed E-state index contributed by atoms with van der Waals surface area (Å²) in [4.78, 5) is 21.0. The van der Waals surface area contributed by atoms with Gasteiger partial charge in [0.25, 0.3) is 5.91 Å². The third kappa shape index (κ3) is 2.76. The van der Waals surface area contributed by atoms with E-state index in [2.05, 4.69) is 20.4 Å². The summed E-state index contributed by atoms with van der Waals surface area (Å²) in [5, 5.41) is 6.98. The van der Waals surface area contributed by atoms with Crippen molar-refractivity contribution in [2.24, 2.45) is 7.05 Å². The minimum atomic E-state index is -0.171. The van der Waals surface area contributed by atoms with Gasteiger partial charge in [-0.05, 0) is 25.1 Å². The van der Waals surface area contributed by atoms with E-state index in [1.165, 1.54) is 0 Å². The lowest BCUT2D eigenvalue weighted by Gasteiger charge is -2.05. The van der Waals surface area contributed by atoms with Crippen molar-refractivity contribution in [3.8, 4) is 11.3 Å². The Morgan fingerprint density at radius 3 is 2.68 bits per heavy atom. The number of carbonyl (C=O) groups excluding carboxylic acids is 1. The lowest BCUT2D eigenvalue weighted by atomic mass is 10.1. The number of aromatic nitrogens is 5. The minimum absolute atomic E-state index is 0.171. The Hall–Kier alpha value is -3.48. The van der Waals surface area contributed by atoms with Gasteiger partial charge in [0.15, 0.2) is 0 Å². The predicted molar refractivity (Wildman–Crippen MR) is 94.3 cm³/mol. The molecule has 0 atom stereocenters. The lowest BCUT2D eigenvalue weighted by molar-refractivity contribution is 0.102. The van der Waals surface area contributed by atoms with Gasteiger partial charge < -0.3 is 5.32 Å². The Kier molecular flexibility index (Phi) is 3.53. The van der Waals surface area contributed by atoms with Crippen LogP contribution in [-0.4, -0.2) is 30.1 Å². The fraction of sp³-hybridized carbons (Fsp3) is 0.111. The number of fused-ring (bicyclic) bond motifs is 1. The molecule has 1 N–H and O–H groups in total. The standard InChI is InChI=1S/C18H16N6O/c1-12-15(10-20-23(12)2)17(25)21-14-6-4-13(5-7-14)16-11-24-9-3-8-19-18(24)22-16/h3-11H,1-2H3,(H,21,25). The Balaban J connectivity index is 1.55. The third-order valence-electron chi connectivity index (χ3n) is 4.15. The fourth-order valence-corrected chi connectivity index (χ4v) is 2.61. The van der Waals surface area contributed by atoms with Crippen molar-refractivity contribution in [3.05, 3.63) is 66.4 Å². The van der Waals surface area contributed by atoms with Crippen LogP contribution in [-0.2, 0) is 7.05 Å². The highest BCUT2D eigenvalue weighted by Crippen LogP contribution is 2.21. The molecular formula is C18H16N6O. The third-order valence-corrected chi connectivity index (χ3v) is 4.15. The Bertz CT molecular complexity index is 1030. The number of carbonyl (C=O) groups is 1. The summed E-state index contributed by atoms with van der Waals surface area (Å²) in [6, 6.07) is 9.42. The number of benzene rings is 1. The first-order chi connectivity index (χ1) is 12.1. The van der Waals surface area contributed by atoms with Crippen LogP contribution in [0.15, 0.2) is 55.1 Å². The summed E-state index contributed by atoms with van der Waals surface area (Å²) in [7, 11) is 1.81. The summed E-state index contributed by atoms with van der Waals surface area (Å²) >= 11 is 0. The molecule has 0 aliphatic carbocycles. The van der Waals surface area contributed by atoms with Crippen molar-refractivity contribution < 1.29 is 4.79 Å². The Morgan fingerprint density at radius 2 is 2.00 bits per heavy atom. The fourth-order valence-electron chi connectivity index (χ4n) is 2.61. The lowest BCUT2D eigenvalue weighted by Crippen LogP contribution is -2.12. The molecule has 0 aliphatic rings. The predicted octanol–water partition coefficient (Wildman–Crippen LogP) is 2.69. The molecule has 4 aromatic rings. The van der Waals surface area contributed by atoms with Gasteiger partial charge in [0, 0.05) is 42.6 Å². The number of nitrogens with one attached hydrogen (secondary N) is 1. The zero-order valence-corrected chi connectivity index (χ0v) is 13.8. The van der Waals surface area contributed by atoms with Crippen LogP contribution < -0.4 is 5.32 Å². The highest BCUT2D eigenvalue weighted by Gasteiger charge is 2.13.